The molecular formula is C10H15NOTe. The van der Waals surface area contributed by atoms with Crippen molar-refractivity contribution in [1.82, 2.24) is 4.98 Å². The summed E-state index contributed by atoms with van der Waals surface area (Å²) in [6, 6.07) is 6.06. The van der Waals surface area contributed by atoms with Crippen molar-refractivity contribution in [2.24, 2.45) is 0 Å². The summed E-state index contributed by atoms with van der Waals surface area (Å²) in [5.41, 5.74) is 1.19. The topological polar surface area (TPSA) is 33.1 Å². The normalized spacial score (nSPS) is 10.2. The summed E-state index contributed by atoms with van der Waals surface area (Å²) in [6.45, 7) is 0.381. The van der Waals surface area contributed by atoms with Gasteiger partial charge in [-0.25, -0.2) is 0 Å². The average molecular weight is 293 g/mol. The minimum absolute atomic E-state index is 0.0887. The molecule has 1 aromatic heterocycles. The summed E-state index contributed by atoms with van der Waals surface area (Å²) >= 11 is 0.0887. The van der Waals surface area contributed by atoms with Crippen molar-refractivity contribution in [2.75, 3.05) is 6.61 Å². The Kier molecular flexibility index (Phi) is 6.18. The summed E-state index contributed by atoms with van der Waals surface area (Å²) in [6.07, 6.45) is 4.18. The molecule has 0 aliphatic rings. The van der Waals surface area contributed by atoms with Crippen LogP contribution in [0.1, 0.15) is 12.1 Å². The first kappa shape index (κ1) is 11.0. The van der Waals surface area contributed by atoms with Gasteiger partial charge in [-0.15, -0.1) is 0 Å². The van der Waals surface area contributed by atoms with Gasteiger partial charge in [0.15, 0.2) is 0 Å². The van der Waals surface area contributed by atoms with Crippen LogP contribution in [0.2, 0.25) is 8.94 Å². The fraction of sp³-hybridized carbons (Fsp3) is 0.500. The van der Waals surface area contributed by atoms with E-state index in [1.807, 2.05) is 18.3 Å². The molecule has 0 atom stereocenters. The molecular weight excluding hydrogens is 278 g/mol. The van der Waals surface area contributed by atoms with Crippen molar-refractivity contribution >= 4 is 20.9 Å². The van der Waals surface area contributed by atoms with Crippen molar-refractivity contribution in [2.45, 2.75) is 21.8 Å². The summed E-state index contributed by atoms with van der Waals surface area (Å²) in [4.78, 5) is 4.26. The van der Waals surface area contributed by atoms with Gasteiger partial charge in [-0.3, -0.25) is 0 Å². The van der Waals surface area contributed by atoms with Crippen LogP contribution >= 0.6 is 0 Å². The summed E-state index contributed by atoms with van der Waals surface area (Å²) in [5, 5.41) is 8.60. The summed E-state index contributed by atoms with van der Waals surface area (Å²) in [5.74, 6) is 0. The Balaban J connectivity index is 2.07. The van der Waals surface area contributed by atoms with Crippen LogP contribution in [0.5, 0.6) is 0 Å². The molecule has 1 heterocycles. The van der Waals surface area contributed by atoms with Crippen LogP contribution in [0.25, 0.3) is 0 Å². The number of pyridine rings is 1. The van der Waals surface area contributed by atoms with Crippen LogP contribution in [0.15, 0.2) is 24.4 Å². The van der Waals surface area contributed by atoms with E-state index >= 15 is 0 Å². The molecule has 0 bridgehead atoms. The molecule has 0 aliphatic heterocycles. The Morgan fingerprint density at radius 1 is 1.31 bits per heavy atom. The molecule has 0 unspecified atom stereocenters. The fourth-order valence-corrected chi connectivity index (χ4v) is 3.01. The predicted octanol–water partition coefficient (Wildman–Crippen LogP) is 1.55. The van der Waals surface area contributed by atoms with Gasteiger partial charge in [0.2, 0.25) is 0 Å². The van der Waals surface area contributed by atoms with Crippen LogP contribution in [-0.4, -0.2) is 37.6 Å². The Morgan fingerprint density at radius 2 is 2.23 bits per heavy atom. The Morgan fingerprint density at radius 3 is 2.92 bits per heavy atom. The Hall–Kier alpha value is -0.100. The number of nitrogens with zero attached hydrogens (tertiary/aromatic N) is 1. The number of aliphatic hydroxyl groups is 1. The van der Waals surface area contributed by atoms with Crippen LogP contribution in [-0.2, 0) is 6.42 Å². The third-order valence-corrected chi connectivity index (χ3v) is 4.68. The van der Waals surface area contributed by atoms with E-state index < -0.39 is 0 Å². The van der Waals surface area contributed by atoms with Gasteiger partial charge in [0, 0.05) is 0 Å². The van der Waals surface area contributed by atoms with Crippen LogP contribution in [0.3, 0.4) is 0 Å². The number of hydrogen-bond acceptors (Lipinski definition) is 2. The first-order valence-electron chi connectivity index (χ1n) is 4.52. The summed E-state index contributed by atoms with van der Waals surface area (Å²) < 4.78 is 2.38. The molecule has 0 saturated carbocycles. The van der Waals surface area contributed by atoms with Crippen LogP contribution < -0.4 is 0 Å². The molecule has 2 nitrogen and oxygen atoms in total. The predicted molar refractivity (Wildman–Crippen MR) is 55.0 cm³/mol. The zero-order chi connectivity index (χ0) is 9.36. The third-order valence-electron chi connectivity index (χ3n) is 1.68. The number of aryl methyl sites for hydroxylation is 1. The van der Waals surface area contributed by atoms with E-state index in [4.69, 9.17) is 5.11 Å². The molecule has 13 heavy (non-hydrogen) atoms. The summed E-state index contributed by atoms with van der Waals surface area (Å²) in [7, 11) is 0. The molecule has 0 radical (unpaired) electrons. The van der Waals surface area contributed by atoms with E-state index in [0.717, 1.165) is 10.9 Å². The number of aliphatic hydroxyl groups excluding tert-OH is 1. The van der Waals surface area contributed by atoms with Crippen LogP contribution in [0, 0.1) is 0 Å². The molecule has 1 N–H and O–H groups in total. The SMILES string of the molecule is OCC[Te]CCCc1ccccn1. The number of rotatable bonds is 6. The van der Waals surface area contributed by atoms with E-state index in [1.54, 1.807) is 0 Å². The first-order valence-corrected chi connectivity index (χ1v) is 7.81. The van der Waals surface area contributed by atoms with Gasteiger partial charge in [0.05, 0.1) is 0 Å². The first-order chi connectivity index (χ1) is 6.43. The van der Waals surface area contributed by atoms with Crippen molar-refractivity contribution in [3.63, 3.8) is 0 Å². The molecule has 0 saturated heterocycles. The second-order valence-electron chi connectivity index (χ2n) is 2.76. The Labute approximate surface area is 89.5 Å². The van der Waals surface area contributed by atoms with Crippen molar-refractivity contribution in [3.8, 4) is 0 Å². The zero-order valence-electron chi connectivity index (χ0n) is 7.65. The number of aromatic nitrogens is 1. The van der Waals surface area contributed by atoms with E-state index in [-0.39, 0.29) is 20.9 Å². The van der Waals surface area contributed by atoms with Gasteiger partial charge in [-0.05, 0) is 0 Å². The van der Waals surface area contributed by atoms with Crippen molar-refractivity contribution in [3.05, 3.63) is 30.1 Å². The molecule has 1 rings (SSSR count). The van der Waals surface area contributed by atoms with Crippen molar-refractivity contribution < 1.29 is 5.11 Å². The van der Waals surface area contributed by atoms with Gasteiger partial charge >= 0.3 is 89.5 Å². The fourth-order valence-electron chi connectivity index (χ4n) is 1.07. The second kappa shape index (κ2) is 7.32. The number of hydrogen-bond donors (Lipinski definition) is 1. The molecule has 0 fully saturated rings. The average Bonchev–Trinajstić information content (AvgIpc) is 2.19. The van der Waals surface area contributed by atoms with E-state index in [1.165, 1.54) is 16.6 Å². The van der Waals surface area contributed by atoms with Gasteiger partial charge in [0.25, 0.3) is 0 Å². The Bertz CT molecular complexity index is 215. The standard InChI is InChI=1S/C10H15NOTe/c12-7-9-13-8-3-5-10-4-1-2-6-11-10/h1-2,4,6,12H,3,5,7-9H2. The van der Waals surface area contributed by atoms with Gasteiger partial charge in [-0.1, -0.05) is 0 Å². The third kappa shape index (κ3) is 5.25. The van der Waals surface area contributed by atoms with Crippen molar-refractivity contribution in [1.29, 1.82) is 0 Å². The minimum atomic E-state index is 0.0887. The molecule has 3 heteroatoms. The van der Waals surface area contributed by atoms with Gasteiger partial charge in [0.1, 0.15) is 0 Å². The molecule has 0 aliphatic carbocycles. The second-order valence-corrected chi connectivity index (χ2v) is 6.26. The van der Waals surface area contributed by atoms with E-state index in [0.29, 0.717) is 6.61 Å². The molecule has 0 amide bonds. The van der Waals surface area contributed by atoms with Gasteiger partial charge in [-0.2, -0.15) is 0 Å². The molecule has 72 valence electrons. The van der Waals surface area contributed by atoms with E-state index in [2.05, 4.69) is 11.1 Å². The molecule has 1 aromatic rings. The maximum atomic E-state index is 8.60. The quantitative estimate of drug-likeness (QED) is 0.637. The van der Waals surface area contributed by atoms with Gasteiger partial charge < -0.3 is 0 Å². The monoisotopic (exact) mass is 295 g/mol. The zero-order valence-corrected chi connectivity index (χ0v) is 9.98. The molecule has 0 aromatic carbocycles. The van der Waals surface area contributed by atoms with Crippen LogP contribution in [0.4, 0.5) is 0 Å². The molecule has 0 spiro atoms. The maximum absolute atomic E-state index is 8.60. The van der Waals surface area contributed by atoms with E-state index in [9.17, 15) is 0 Å².